The molecule has 1 amide bonds. The van der Waals surface area contributed by atoms with Crippen LogP contribution in [0.4, 0.5) is 0 Å². The molecule has 15 heavy (non-hydrogen) atoms. The van der Waals surface area contributed by atoms with E-state index in [1.807, 2.05) is 14.0 Å². The van der Waals surface area contributed by atoms with E-state index in [1.165, 1.54) is 0 Å². The lowest BCUT2D eigenvalue weighted by molar-refractivity contribution is -0.122. The van der Waals surface area contributed by atoms with Crippen LogP contribution in [-0.2, 0) is 4.79 Å². The van der Waals surface area contributed by atoms with Crippen molar-refractivity contribution in [1.82, 2.24) is 10.2 Å². The third kappa shape index (κ3) is 5.21. The van der Waals surface area contributed by atoms with Gasteiger partial charge in [0.1, 0.15) is 0 Å². The predicted molar refractivity (Wildman–Crippen MR) is 58.8 cm³/mol. The van der Waals surface area contributed by atoms with Gasteiger partial charge in [0.15, 0.2) is 5.84 Å². The quantitative estimate of drug-likeness (QED) is 0.240. The number of nitrogens with one attached hydrogen (secondary N) is 1. The van der Waals surface area contributed by atoms with Gasteiger partial charge in [-0.15, -0.1) is 0 Å². The third-order valence-corrected chi connectivity index (χ3v) is 2.28. The smallest absolute Gasteiger partial charge is 0.230 e. The van der Waals surface area contributed by atoms with Crippen molar-refractivity contribution in [3.05, 3.63) is 0 Å². The van der Waals surface area contributed by atoms with Crippen molar-refractivity contribution in [2.45, 2.75) is 13.8 Å². The van der Waals surface area contributed by atoms with Crippen LogP contribution in [0.3, 0.4) is 0 Å². The van der Waals surface area contributed by atoms with Crippen LogP contribution in [0.5, 0.6) is 0 Å². The monoisotopic (exact) mass is 216 g/mol. The number of rotatable bonds is 6. The lowest BCUT2D eigenvalue weighted by Gasteiger charge is -2.15. The molecule has 0 fully saturated rings. The van der Waals surface area contributed by atoms with E-state index >= 15 is 0 Å². The van der Waals surface area contributed by atoms with Gasteiger partial charge in [-0.05, 0) is 20.5 Å². The number of carbonyl (C=O) groups is 1. The number of amides is 1. The molecule has 0 heterocycles. The van der Waals surface area contributed by atoms with E-state index in [4.69, 9.17) is 10.9 Å². The Hall–Kier alpha value is -1.30. The molecule has 0 saturated carbocycles. The van der Waals surface area contributed by atoms with Crippen molar-refractivity contribution in [1.29, 1.82) is 0 Å². The minimum absolute atomic E-state index is 0.0728. The van der Waals surface area contributed by atoms with Crippen LogP contribution in [0, 0.1) is 5.92 Å². The molecule has 4 N–H and O–H groups in total. The fourth-order valence-corrected chi connectivity index (χ4v) is 0.902. The summed E-state index contributed by atoms with van der Waals surface area (Å²) in [6.07, 6.45) is 0. The van der Waals surface area contributed by atoms with Crippen molar-refractivity contribution in [2.24, 2.45) is 16.8 Å². The Morgan fingerprint density at radius 1 is 1.67 bits per heavy atom. The van der Waals surface area contributed by atoms with Gasteiger partial charge in [-0.25, -0.2) is 0 Å². The first kappa shape index (κ1) is 13.7. The second kappa shape index (κ2) is 7.05. The summed E-state index contributed by atoms with van der Waals surface area (Å²) < 4.78 is 0. The summed E-state index contributed by atoms with van der Waals surface area (Å²) in [5, 5.41) is 13.9. The minimum atomic E-state index is -0.595. The molecule has 0 saturated heterocycles. The third-order valence-electron chi connectivity index (χ3n) is 2.28. The molecule has 0 aromatic heterocycles. The molecular formula is C9H20N4O2. The summed E-state index contributed by atoms with van der Waals surface area (Å²) >= 11 is 0. The maximum Gasteiger partial charge on any atom is 0.230 e. The second-order valence-electron chi connectivity index (χ2n) is 3.43. The number of nitrogens with zero attached hydrogens (tertiary/aromatic N) is 2. The first-order valence-electron chi connectivity index (χ1n) is 4.96. The minimum Gasteiger partial charge on any atom is -0.409 e. The lowest BCUT2D eigenvalue weighted by Crippen LogP contribution is -2.40. The Labute approximate surface area is 90.1 Å². The van der Waals surface area contributed by atoms with Crippen molar-refractivity contribution >= 4 is 11.7 Å². The van der Waals surface area contributed by atoms with Crippen LogP contribution in [0.1, 0.15) is 13.8 Å². The Bertz CT molecular complexity index is 230. The number of carbonyl (C=O) groups excluding carboxylic acids is 1. The number of hydrogen-bond donors (Lipinski definition) is 3. The molecule has 0 rings (SSSR count). The molecule has 88 valence electrons. The Kier molecular flexibility index (Phi) is 6.44. The normalized spacial score (nSPS) is 14.0. The zero-order valence-electron chi connectivity index (χ0n) is 9.53. The number of hydrogen-bond acceptors (Lipinski definition) is 4. The molecule has 0 radical (unpaired) electrons. The highest BCUT2D eigenvalue weighted by Gasteiger charge is 2.16. The van der Waals surface area contributed by atoms with Crippen molar-refractivity contribution in [3.63, 3.8) is 0 Å². The average Bonchev–Trinajstić information content (AvgIpc) is 2.26. The number of nitrogens with two attached hydrogens (primary N) is 1. The topological polar surface area (TPSA) is 91.0 Å². The van der Waals surface area contributed by atoms with Crippen molar-refractivity contribution < 1.29 is 10.0 Å². The highest BCUT2D eigenvalue weighted by molar-refractivity contribution is 6.01. The molecular weight excluding hydrogens is 196 g/mol. The molecule has 0 aliphatic heterocycles. The first-order valence-corrected chi connectivity index (χ1v) is 4.96. The first-order chi connectivity index (χ1) is 7.02. The SMILES string of the molecule is CCN(C)CCNC(=O)C(C)C(N)=NO. The van der Waals surface area contributed by atoms with Crippen LogP contribution in [-0.4, -0.2) is 48.5 Å². The molecule has 0 bridgehead atoms. The van der Waals surface area contributed by atoms with Gasteiger partial charge in [-0.3, -0.25) is 4.79 Å². The van der Waals surface area contributed by atoms with E-state index in [2.05, 4.69) is 15.4 Å². The molecule has 0 aromatic rings. The fraction of sp³-hybridized carbons (Fsp3) is 0.778. The highest BCUT2D eigenvalue weighted by atomic mass is 16.4. The second-order valence-corrected chi connectivity index (χ2v) is 3.43. The zero-order chi connectivity index (χ0) is 11.8. The summed E-state index contributed by atoms with van der Waals surface area (Å²) in [6, 6.07) is 0. The molecule has 0 aliphatic rings. The van der Waals surface area contributed by atoms with Crippen molar-refractivity contribution in [2.75, 3.05) is 26.7 Å². The zero-order valence-corrected chi connectivity index (χ0v) is 9.53. The molecule has 6 heteroatoms. The number of likely N-dealkylation sites (N-methyl/N-ethyl adjacent to an activating group) is 1. The Morgan fingerprint density at radius 2 is 2.27 bits per heavy atom. The van der Waals surface area contributed by atoms with Crippen LogP contribution in [0.25, 0.3) is 0 Å². The molecule has 0 aliphatic carbocycles. The van der Waals surface area contributed by atoms with E-state index in [-0.39, 0.29) is 11.7 Å². The van der Waals surface area contributed by atoms with Crippen LogP contribution >= 0.6 is 0 Å². The fourth-order valence-electron chi connectivity index (χ4n) is 0.902. The van der Waals surface area contributed by atoms with Gasteiger partial charge in [0, 0.05) is 13.1 Å². The van der Waals surface area contributed by atoms with E-state index in [0.717, 1.165) is 13.1 Å². The van der Waals surface area contributed by atoms with Gasteiger partial charge in [0.05, 0.1) is 5.92 Å². The molecule has 1 unspecified atom stereocenters. The van der Waals surface area contributed by atoms with Gasteiger partial charge < -0.3 is 21.2 Å². The van der Waals surface area contributed by atoms with Crippen LogP contribution in [0.15, 0.2) is 5.16 Å². The summed E-state index contributed by atoms with van der Waals surface area (Å²) in [4.78, 5) is 13.5. The maximum atomic E-state index is 11.4. The number of oxime groups is 1. The van der Waals surface area contributed by atoms with Gasteiger partial charge in [0.25, 0.3) is 0 Å². The van der Waals surface area contributed by atoms with Gasteiger partial charge in [-0.2, -0.15) is 0 Å². The van der Waals surface area contributed by atoms with Crippen LogP contribution < -0.4 is 11.1 Å². The summed E-state index contributed by atoms with van der Waals surface area (Å²) in [7, 11) is 1.97. The van der Waals surface area contributed by atoms with Gasteiger partial charge in [-0.1, -0.05) is 12.1 Å². The summed E-state index contributed by atoms with van der Waals surface area (Å²) in [5.41, 5.74) is 5.30. The summed E-state index contributed by atoms with van der Waals surface area (Å²) in [6.45, 7) is 5.91. The highest BCUT2D eigenvalue weighted by Crippen LogP contribution is 1.94. The maximum absolute atomic E-state index is 11.4. The van der Waals surface area contributed by atoms with E-state index in [1.54, 1.807) is 6.92 Å². The predicted octanol–water partition coefficient (Wildman–Crippen LogP) is -0.563. The molecule has 1 atom stereocenters. The van der Waals surface area contributed by atoms with Crippen molar-refractivity contribution in [3.8, 4) is 0 Å². The van der Waals surface area contributed by atoms with Gasteiger partial charge >= 0.3 is 0 Å². The number of amidine groups is 1. The Balaban J connectivity index is 3.84. The summed E-state index contributed by atoms with van der Waals surface area (Å²) in [5.74, 6) is -0.895. The molecule has 0 spiro atoms. The van der Waals surface area contributed by atoms with E-state index < -0.39 is 5.92 Å². The van der Waals surface area contributed by atoms with Crippen LogP contribution in [0.2, 0.25) is 0 Å². The standard InChI is InChI=1S/C9H20N4O2/c1-4-13(3)6-5-11-9(14)7(2)8(10)12-15/h7,15H,4-6H2,1-3H3,(H2,10,12)(H,11,14). The van der Waals surface area contributed by atoms with E-state index in [9.17, 15) is 4.79 Å². The largest absolute Gasteiger partial charge is 0.409 e. The lowest BCUT2D eigenvalue weighted by atomic mass is 10.1. The van der Waals surface area contributed by atoms with E-state index in [0.29, 0.717) is 6.54 Å². The Morgan fingerprint density at radius 3 is 2.73 bits per heavy atom. The molecule has 6 nitrogen and oxygen atoms in total. The van der Waals surface area contributed by atoms with Gasteiger partial charge in [0.2, 0.25) is 5.91 Å². The average molecular weight is 216 g/mol. The molecule has 0 aromatic carbocycles.